The molecule has 0 aromatic rings. The Labute approximate surface area is 91.0 Å². The highest BCUT2D eigenvalue weighted by Gasteiger charge is 2.27. The third-order valence-electron chi connectivity index (χ3n) is 2.99. The van der Waals surface area contributed by atoms with Crippen molar-refractivity contribution < 1.29 is 14.6 Å². The van der Waals surface area contributed by atoms with E-state index in [0.717, 1.165) is 25.7 Å². The summed E-state index contributed by atoms with van der Waals surface area (Å²) in [6.45, 7) is 0.668. The highest BCUT2D eigenvalue weighted by atomic mass is 16.5. The number of nitrogens with one attached hydrogen (secondary N) is 1. The van der Waals surface area contributed by atoms with E-state index in [1.54, 1.807) is 0 Å². The zero-order chi connectivity index (χ0) is 11.1. The van der Waals surface area contributed by atoms with Crippen LogP contribution in [0.25, 0.3) is 0 Å². The van der Waals surface area contributed by atoms with Crippen molar-refractivity contribution in [2.45, 2.75) is 44.1 Å². The number of hydrogen-bond donors (Lipinski definition) is 2. The first-order valence-corrected chi connectivity index (χ1v) is 5.66. The van der Waals surface area contributed by atoms with E-state index in [9.17, 15) is 9.90 Å². The quantitative estimate of drug-likeness (QED) is 0.539. The molecular weight excluding hydrogens is 194 g/mol. The first kappa shape index (κ1) is 12.5. The molecule has 1 rings (SSSR count). The Bertz CT molecular complexity index is 198. The maximum atomic E-state index is 10.9. The van der Waals surface area contributed by atoms with Crippen LogP contribution in [-0.4, -0.2) is 36.9 Å². The van der Waals surface area contributed by atoms with Gasteiger partial charge in [-0.25, -0.2) is 0 Å². The third kappa shape index (κ3) is 4.62. The highest BCUT2D eigenvalue weighted by molar-refractivity contribution is 5.71. The number of methoxy groups -OCH3 is 1. The summed E-state index contributed by atoms with van der Waals surface area (Å²) in [4.78, 5) is 10.9. The Hall–Kier alpha value is -0.610. The Kier molecular flexibility index (Phi) is 5.05. The van der Waals surface area contributed by atoms with Crippen molar-refractivity contribution in [1.29, 1.82) is 0 Å². The minimum Gasteiger partial charge on any atom is -0.468 e. The largest absolute Gasteiger partial charge is 0.468 e. The van der Waals surface area contributed by atoms with Crippen LogP contribution in [0, 0.1) is 0 Å². The number of ether oxygens (including phenoxy) is 1. The van der Waals surface area contributed by atoms with E-state index < -0.39 is 5.60 Å². The summed E-state index contributed by atoms with van der Waals surface area (Å²) >= 11 is 0. The maximum Gasteiger partial charge on any atom is 0.319 e. The van der Waals surface area contributed by atoms with E-state index >= 15 is 0 Å². The topological polar surface area (TPSA) is 58.6 Å². The monoisotopic (exact) mass is 215 g/mol. The first-order valence-electron chi connectivity index (χ1n) is 5.66. The summed E-state index contributed by atoms with van der Waals surface area (Å²) in [6.07, 6.45) is 6.24. The van der Waals surface area contributed by atoms with Gasteiger partial charge in [0.2, 0.25) is 0 Å². The number of carbonyl (C=O) groups is 1. The van der Waals surface area contributed by atoms with E-state index in [4.69, 9.17) is 0 Å². The molecule has 0 amide bonds. The third-order valence-corrected chi connectivity index (χ3v) is 2.99. The van der Waals surface area contributed by atoms with Crippen molar-refractivity contribution in [3.63, 3.8) is 0 Å². The molecule has 1 saturated carbocycles. The van der Waals surface area contributed by atoms with Crippen molar-refractivity contribution in [3.8, 4) is 0 Å². The number of esters is 1. The average Bonchev–Trinajstić information content (AvgIpc) is 2.43. The van der Waals surface area contributed by atoms with Gasteiger partial charge >= 0.3 is 5.97 Å². The lowest BCUT2D eigenvalue weighted by molar-refractivity contribution is -0.139. The van der Waals surface area contributed by atoms with E-state index in [2.05, 4.69) is 10.1 Å². The van der Waals surface area contributed by atoms with Crippen LogP contribution in [0.5, 0.6) is 0 Å². The fraction of sp³-hybridized carbons (Fsp3) is 0.909. The molecule has 2 N–H and O–H groups in total. The van der Waals surface area contributed by atoms with Crippen LogP contribution in [0.15, 0.2) is 0 Å². The summed E-state index contributed by atoms with van der Waals surface area (Å²) < 4.78 is 4.51. The van der Waals surface area contributed by atoms with Crippen LogP contribution in [0.4, 0.5) is 0 Å². The van der Waals surface area contributed by atoms with Gasteiger partial charge in [0.1, 0.15) is 0 Å². The van der Waals surface area contributed by atoms with Crippen molar-refractivity contribution in [2.24, 2.45) is 0 Å². The van der Waals surface area contributed by atoms with Gasteiger partial charge in [0.05, 0.1) is 19.3 Å². The van der Waals surface area contributed by atoms with E-state index in [-0.39, 0.29) is 12.5 Å². The summed E-state index contributed by atoms with van der Waals surface area (Å²) in [5.74, 6) is -0.285. The fourth-order valence-corrected chi connectivity index (χ4v) is 2.03. The Morgan fingerprint density at radius 1 is 1.33 bits per heavy atom. The van der Waals surface area contributed by atoms with Gasteiger partial charge in [-0.1, -0.05) is 25.7 Å². The van der Waals surface area contributed by atoms with Gasteiger partial charge < -0.3 is 15.2 Å². The second kappa shape index (κ2) is 6.08. The molecule has 0 aliphatic heterocycles. The van der Waals surface area contributed by atoms with Crippen molar-refractivity contribution >= 4 is 5.97 Å². The molecule has 15 heavy (non-hydrogen) atoms. The van der Waals surface area contributed by atoms with Gasteiger partial charge in [0.15, 0.2) is 0 Å². The number of aliphatic hydroxyl groups is 1. The van der Waals surface area contributed by atoms with Crippen molar-refractivity contribution in [1.82, 2.24) is 5.32 Å². The molecular formula is C11H21NO3. The molecule has 0 aromatic carbocycles. The summed E-state index contributed by atoms with van der Waals surface area (Å²) in [6, 6.07) is 0. The Morgan fingerprint density at radius 2 is 1.93 bits per heavy atom. The van der Waals surface area contributed by atoms with Crippen LogP contribution in [0.1, 0.15) is 38.5 Å². The molecule has 0 unspecified atom stereocenters. The van der Waals surface area contributed by atoms with E-state index in [1.807, 2.05) is 0 Å². The SMILES string of the molecule is COC(=O)CNCC1(O)CCCCCC1. The normalized spacial score (nSPS) is 20.7. The molecule has 4 nitrogen and oxygen atoms in total. The molecule has 0 aromatic heterocycles. The summed E-state index contributed by atoms with van der Waals surface area (Å²) in [5, 5.41) is 13.2. The van der Waals surface area contributed by atoms with Crippen molar-refractivity contribution in [2.75, 3.05) is 20.2 Å². The summed E-state index contributed by atoms with van der Waals surface area (Å²) in [5.41, 5.74) is -0.621. The van der Waals surface area contributed by atoms with Crippen LogP contribution >= 0.6 is 0 Å². The maximum absolute atomic E-state index is 10.9. The first-order chi connectivity index (χ1) is 7.16. The second-order valence-corrected chi connectivity index (χ2v) is 4.32. The van der Waals surface area contributed by atoms with Crippen LogP contribution in [0.2, 0.25) is 0 Å². The van der Waals surface area contributed by atoms with Crippen LogP contribution in [0.3, 0.4) is 0 Å². The Morgan fingerprint density at radius 3 is 2.47 bits per heavy atom. The van der Waals surface area contributed by atoms with Gasteiger partial charge in [0.25, 0.3) is 0 Å². The van der Waals surface area contributed by atoms with Crippen molar-refractivity contribution in [3.05, 3.63) is 0 Å². The molecule has 0 bridgehead atoms. The van der Waals surface area contributed by atoms with Gasteiger partial charge in [-0.15, -0.1) is 0 Å². The predicted molar refractivity (Wildman–Crippen MR) is 57.5 cm³/mol. The number of hydrogen-bond acceptors (Lipinski definition) is 4. The van der Waals surface area contributed by atoms with Gasteiger partial charge in [-0.2, -0.15) is 0 Å². The Balaban J connectivity index is 2.25. The van der Waals surface area contributed by atoms with Gasteiger partial charge in [0, 0.05) is 6.54 Å². The molecule has 0 atom stereocenters. The molecule has 0 radical (unpaired) electrons. The zero-order valence-corrected chi connectivity index (χ0v) is 9.42. The fourth-order valence-electron chi connectivity index (χ4n) is 2.03. The van der Waals surface area contributed by atoms with Gasteiger partial charge in [-0.3, -0.25) is 4.79 Å². The molecule has 1 fully saturated rings. The number of carbonyl (C=O) groups excluding carboxylic acids is 1. The van der Waals surface area contributed by atoms with Crippen LogP contribution in [-0.2, 0) is 9.53 Å². The van der Waals surface area contributed by atoms with E-state index in [0.29, 0.717) is 6.54 Å². The highest BCUT2D eigenvalue weighted by Crippen LogP contribution is 2.26. The standard InChI is InChI=1S/C11H21NO3/c1-15-10(13)8-12-9-11(14)6-4-2-3-5-7-11/h12,14H,2-9H2,1H3. The number of rotatable bonds is 4. The predicted octanol–water partition coefficient (Wildman–Crippen LogP) is 0.834. The minimum absolute atomic E-state index is 0.179. The molecule has 0 heterocycles. The molecule has 0 saturated heterocycles. The molecule has 88 valence electrons. The summed E-state index contributed by atoms with van der Waals surface area (Å²) in [7, 11) is 1.37. The second-order valence-electron chi connectivity index (χ2n) is 4.32. The smallest absolute Gasteiger partial charge is 0.319 e. The van der Waals surface area contributed by atoms with E-state index in [1.165, 1.54) is 20.0 Å². The van der Waals surface area contributed by atoms with Gasteiger partial charge in [-0.05, 0) is 12.8 Å². The average molecular weight is 215 g/mol. The van der Waals surface area contributed by atoms with Crippen LogP contribution < -0.4 is 5.32 Å². The lowest BCUT2D eigenvalue weighted by Gasteiger charge is -2.26. The molecule has 4 heteroatoms. The minimum atomic E-state index is -0.621. The molecule has 1 aliphatic carbocycles. The zero-order valence-electron chi connectivity index (χ0n) is 9.42. The lowest BCUT2D eigenvalue weighted by atomic mass is 9.94. The lowest BCUT2D eigenvalue weighted by Crippen LogP contribution is -2.42. The molecule has 1 aliphatic rings. The molecule has 0 spiro atoms.